The lowest BCUT2D eigenvalue weighted by Gasteiger charge is -2.15. The number of Topliss-reactive ketones (excluding diaryl/α,β-unsaturated/α-hetero) is 1. The summed E-state index contributed by atoms with van der Waals surface area (Å²) in [6.45, 7) is 2.83. The van der Waals surface area contributed by atoms with Crippen LogP contribution in [0, 0.1) is 10.1 Å². The summed E-state index contributed by atoms with van der Waals surface area (Å²) in [5.74, 6) is -0.318. The van der Waals surface area contributed by atoms with Gasteiger partial charge in [-0.1, -0.05) is 12.1 Å². The van der Waals surface area contributed by atoms with Crippen LogP contribution in [0.15, 0.2) is 24.3 Å². The molecule has 0 amide bonds. The number of carbonyl (C=O) groups excluding carboxylic acids is 1. The van der Waals surface area contributed by atoms with Crippen LogP contribution in [0.2, 0.25) is 0 Å². The van der Waals surface area contributed by atoms with Crippen LogP contribution in [0.4, 0.5) is 5.69 Å². The van der Waals surface area contributed by atoms with Crippen molar-refractivity contribution in [1.29, 1.82) is 0 Å². The number of nitrogens with zero attached hydrogens (tertiary/aromatic N) is 1. The van der Waals surface area contributed by atoms with Crippen molar-refractivity contribution in [2.24, 2.45) is 0 Å². The van der Waals surface area contributed by atoms with Crippen LogP contribution in [-0.4, -0.2) is 21.4 Å². The average Bonchev–Trinajstić information content (AvgIpc) is 2.17. The summed E-state index contributed by atoms with van der Waals surface area (Å²) < 4.78 is 0. The van der Waals surface area contributed by atoms with Crippen LogP contribution in [0.5, 0.6) is 0 Å². The molecule has 5 heteroatoms. The lowest BCUT2D eigenvalue weighted by atomic mass is 9.97. The zero-order chi connectivity index (χ0) is 12.3. The van der Waals surface area contributed by atoms with Gasteiger partial charge in [-0.25, -0.2) is 0 Å². The van der Waals surface area contributed by atoms with Gasteiger partial charge in [-0.05, 0) is 19.4 Å². The minimum Gasteiger partial charge on any atom is -0.383 e. The molecule has 0 aliphatic heterocycles. The van der Waals surface area contributed by atoms with Gasteiger partial charge < -0.3 is 5.11 Å². The Balaban J connectivity index is 2.77. The number of nitro benzene ring substituents is 1. The SMILES string of the molecule is CC(C)(O)C(=O)Cc1ccc([N+](=O)[O-])cc1. The number of hydrogen-bond donors (Lipinski definition) is 1. The minimum atomic E-state index is -1.37. The van der Waals surface area contributed by atoms with E-state index >= 15 is 0 Å². The summed E-state index contributed by atoms with van der Waals surface area (Å²) in [6, 6.07) is 5.71. The van der Waals surface area contributed by atoms with Gasteiger partial charge in [0.15, 0.2) is 5.78 Å². The molecule has 0 saturated carbocycles. The zero-order valence-electron chi connectivity index (χ0n) is 9.14. The first-order valence-corrected chi connectivity index (χ1v) is 4.79. The van der Waals surface area contributed by atoms with E-state index in [-0.39, 0.29) is 17.9 Å². The maximum atomic E-state index is 11.5. The van der Waals surface area contributed by atoms with Crippen molar-refractivity contribution in [3.8, 4) is 0 Å². The molecule has 1 aromatic carbocycles. The van der Waals surface area contributed by atoms with Crippen molar-refractivity contribution in [2.75, 3.05) is 0 Å². The molecule has 0 unspecified atom stereocenters. The fourth-order valence-corrected chi connectivity index (χ4v) is 1.14. The Bertz CT molecular complexity index is 403. The molecule has 0 radical (unpaired) electrons. The van der Waals surface area contributed by atoms with Crippen LogP contribution in [0.3, 0.4) is 0 Å². The molecule has 5 nitrogen and oxygen atoms in total. The second-order valence-corrected chi connectivity index (χ2v) is 4.08. The molecule has 0 saturated heterocycles. The van der Waals surface area contributed by atoms with Gasteiger partial charge in [0.1, 0.15) is 5.60 Å². The van der Waals surface area contributed by atoms with Crippen molar-refractivity contribution in [1.82, 2.24) is 0 Å². The molecule has 0 aliphatic carbocycles. The molecule has 1 N–H and O–H groups in total. The topological polar surface area (TPSA) is 80.4 Å². The number of rotatable bonds is 4. The highest BCUT2D eigenvalue weighted by atomic mass is 16.6. The Morgan fingerprint density at radius 1 is 1.38 bits per heavy atom. The normalized spacial score (nSPS) is 11.2. The van der Waals surface area contributed by atoms with Crippen molar-refractivity contribution in [3.05, 3.63) is 39.9 Å². The molecule has 0 atom stereocenters. The summed E-state index contributed by atoms with van der Waals surface area (Å²) in [5.41, 5.74) is -0.737. The number of benzene rings is 1. The van der Waals surface area contributed by atoms with Gasteiger partial charge in [0.2, 0.25) is 0 Å². The van der Waals surface area contributed by atoms with Gasteiger partial charge in [0.25, 0.3) is 5.69 Å². The largest absolute Gasteiger partial charge is 0.383 e. The first-order chi connectivity index (χ1) is 7.30. The number of hydrogen-bond acceptors (Lipinski definition) is 4. The average molecular weight is 223 g/mol. The molecule has 0 fully saturated rings. The Labute approximate surface area is 92.9 Å². The maximum Gasteiger partial charge on any atom is 0.269 e. The van der Waals surface area contributed by atoms with E-state index in [1.807, 2.05) is 0 Å². The summed E-state index contributed by atoms with van der Waals surface area (Å²) in [4.78, 5) is 21.4. The Morgan fingerprint density at radius 3 is 2.25 bits per heavy atom. The fraction of sp³-hybridized carbons (Fsp3) is 0.364. The van der Waals surface area contributed by atoms with Crippen molar-refractivity contribution < 1.29 is 14.8 Å². The monoisotopic (exact) mass is 223 g/mol. The van der Waals surface area contributed by atoms with Crippen LogP contribution in [-0.2, 0) is 11.2 Å². The highest BCUT2D eigenvalue weighted by molar-refractivity contribution is 5.88. The molecule has 16 heavy (non-hydrogen) atoms. The molecule has 0 aromatic heterocycles. The van der Waals surface area contributed by atoms with E-state index in [0.717, 1.165) is 0 Å². The Morgan fingerprint density at radius 2 is 1.88 bits per heavy atom. The zero-order valence-corrected chi connectivity index (χ0v) is 9.14. The Kier molecular flexibility index (Phi) is 3.39. The van der Waals surface area contributed by atoms with Gasteiger partial charge in [0.05, 0.1) is 4.92 Å². The minimum absolute atomic E-state index is 0.0144. The second-order valence-electron chi connectivity index (χ2n) is 4.08. The predicted octanol–water partition coefficient (Wildman–Crippen LogP) is 1.48. The van der Waals surface area contributed by atoms with Gasteiger partial charge in [-0.2, -0.15) is 0 Å². The van der Waals surface area contributed by atoms with Crippen LogP contribution in [0.25, 0.3) is 0 Å². The molecule has 0 bridgehead atoms. The summed E-state index contributed by atoms with van der Waals surface area (Å²) in [5, 5.41) is 19.8. The van der Waals surface area contributed by atoms with Crippen molar-refractivity contribution in [2.45, 2.75) is 25.9 Å². The highest BCUT2D eigenvalue weighted by Gasteiger charge is 2.23. The molecule has 1 aromatic rings. The van der Waals surface area contributed by atoms with E-state index in [1.165, 1.54) is 38.1 Å². The quantitative estimate of drug-likeness (QED) is 0.619. The standard InChI is InChI=1S/C11H13NO4/c1-11(2,14)10(13)7-8-3-5-9(6-4-8)12(15)16/h3-6,14H,7H2,1-2H3. The lowest BCUT2D eigenvalue weighted by Crippen LogP contribution is -2.32. The third-order valence-electron chi connectivity index (χ3n) is 2.19. The van der Waals surface area contributed by atoms with E-state index in [9.17, 15) is 20.0 Å². The number of carbonyl (C=O) groups is 1. The van der Waals surface area contributed by atoms with E-state index in [2.05, 4.69) is 0 Å². The van der Waals surface area contributed by atoms with E-state index in [1.54, 1.807) is 0 Å². The van der Waals surface area contributed by atoms with E-state index < -0.39 is 10.5 Å². The molecular weight excluding hydrogens is 210 g/mol. The first-order valence-electron chi connectivity index (χ1n) is 4.79. The van der Waals surface area contributed by atoms with Crippen LogP contribution < -0.4 is 0 Å². The third-order valence-corrected chi connectivity index (χ3v) is 2.19. The van der Waals surface area contributed by atoms with Gasteiger partial charge in [-0.15, -0.1) is 0 Å². The second kappa shape index (κ2) is 4.40. The van der Waals surface area contributed by atoms with Crippen molar-refractivity contribution >= 4 is 11.5 Å². The molecule has 1 rings (SSSR count). The number of ketones is 1. The van der Waals surface area contributed by atoms with Gasteiger partial charge in [0, 0.05) is 18.6 Å². The molecule has 86 valence electrons. The summed E-state index contributed by atoms with van der Waals surface area (Å²) >= 11 is 0. The van der Waals surface area contributed by atoms with Crippen molar-refractivity contribution in [3.63, 3.8) is 0 Å². The Hall–Kier alpha value is -1.75. The van der Waals surface area contributed by atoms with Gasteiger partial charge in [-0.3, -0.25) is 14.9 Å². The van der Waals surface area contributed by atoms with E-state index in [4.69, 9.17) is 0 Å². The maximum absolute atomic E-state index is 11.5. The van der Waals surface area contributed by atoms with Crippen LogP contribution >= 0.6 is 0 Å². The third kappa shape index (κ3) is 3.13. The molecule has 0 heterocycles. The molecule has 0 spiro atoms. The molecule has 0 aliphatic rings. The predicted molar refractivity (Wildman–Crippen MR) is 58.1 cm³/mol. The van der Waals surface area contributed by atoms with Gasteiger partial charge >= 0.3 is 0 Å². The lowest BCUT2D eigenvalue weighted by molar-refractivity contribution is -0.384. The van der Waals surface area contributed by atoms with E-state index in [0.29, 0.717) is 5.56 Å². The number of aliphatic hydroxyl groups is 1. The smallest absolute Gasteiger partial charge is 0.269 e. The number of nitro groups is 1. The fourth-order valence-electron chi connectivity index (χ4n) is 1.14. The molecular formula is C11H13NO4. The highest BCUT2D eigenvalue weighted by Crippen LogP contribution is 2.14. The number of non-ortho nitro benzene ring substituents is 1. The summed E-state index contributed by atoms with van der Waals surface area (Å²) in [6.07, 6.45) is 0.0709. The summed E-state index contributed by atoms with van der Waals surface area (Å²) in [7, 11) is 0. The van der Waals surface area contributed by atoms with Crippen LogP contribution in [0.1, 0.15) is 19.4 Å². The first kappa shape index (κ1) is 12.3.